The number of nitrogens with zero attached hydrogens (tertiary/aromatic N) is 8. The van der Waals surface area contributed by atoms with Crippen LogP contribution < -0.4 is 6.13 Å². The zero-order chi connectivity index (χ0) is 24.0. The van der Waals surface area contributed by atoms with Crippen molar-refractivity contribution in [2.45, 2.75) is 0 Å². The van der Waals surface area contributed by atoms with Crippen LogP contribution in [0.2, 0.25) is 0 Å². The summed E-state index contributed by atoms with van der Waals surface area (Å²) in [5.74, 6) is 2.49. The van der Waals surface area contributed by atoms with Gasteiger partial charge in [0.05, 0.1) is 0 Å². The third-order valence-electron chi connectivity index (χ3n) is 6.24. The van der Waals surface area contributed by atoms with Crippen LogP contribution in [-0.4, -0.2) is 132 Å². The zero-order valence-electron chi connectivity index (χ0n) is 18.2. The molecule has 0 bridgehead atoms. The van der Waals surface area contributed by atoms with Gasteiger partial charge in [0.15, 0.2) is 0 Å². The van der Waals surface area contributed by atoms with E-state index in [1.165, 1.54) is 11.4 Å². The van der Waals surface area contributed by atoms with Crippen molar-refractivity contribution in [2.75, 3.05) is 6.13 Å². The van der Waals surface area contributed by atoms with E-state index in [-0.39, 0.29) is 0 Å². The second-order valence-electron chi connectivity index (χ2n) is 8.25. The molecule has 0 fully saturated rings. The predicted octanol–water partition coefficient (Wildman–Crippen LogP) is 2.24. The van der Waals surface area contributed by atoms with Gasteiger partial charge < -0.3 is 0 Å². The average molecular weight is 1240 g/mol. The number of aromatic nitrogens is 6. The number of fused-ring (bicyclic) bond motifs is 12. The van der Waals surface area contributed by atoms with Crippen LogP contribution in [0.15, 0.2) is 54.6 Å². The van der Waals surface area contributed by atoms with Crippen LogP contribution in [0.3, 0.4) is 0 Å². The molecule has 0 amide bonds. The molecular formula is C21H12N9PTl4. The molecule has 1 atom stereocenters. The van der Waals surface area contributed by atoms with Crippen molar-refractivity contribution < 1.29 is 0 Å². The van der Waals surface area contributed by atoms with Gasteiger partial charge in [0, 0.05) is 0 Å². The monoisotopic (exact) mass is 1240 g/mol. The zero-order valence-corrected chi connectivity index (χ0v) is 37.3. The van der Waals surface area contributed by atoms with Crippen molar-refractivity contribution in [2.24, 2.45) is 0 Å². The van der Waals surface area contributed by atoms with E-state index < -0.39 is 0 Å². The van der Waals surface area contributed by atoms with Crippen molar-refractivity contribution in [3.8, 4) is 0 Å². The van der Waals surface area contributed by atoms with E-state index in [0.717, 1.165) is 160 Å². The Bertz CT molecular complexity index is 1960. The maximum atomic E-state index is 5.15. The number of hydrogen-bond acceptors (Lipinski definition) is 6. The molecule has 1 N–H and O–H groups in total. The number of anilines is 3. The molecule has 35 heavy (non-hydrogen) atoms. The Balaban J connectivity index is 1.74. The van der Waals surface area contributed by atoms with Crippen molar-refractivity contribution >= 4 is 181 Å². The summed E-state index contributed by atoms with van der Waals surface area (Å²) in [5.41, 5.74) is 9.53. The number of rotatable bonds is 3. The van der Waals surface area contributed by atoms with Gasteiger partial charge in [-0.15, -0.1) is 0 Å². The first-order valence-electron chi connectivity index (χ1n) is 10.6. The molecule has 7 rings (SSSR count). The molecule has 0 saturated carbocycles. The third kappa shape index (κ3) is 3.59. The van der Waals surface area contributed by atoms with Crippen molar-refractivity contribution in [1.29, 1.82) is 0 Å². The number of benzene rings is 3. The molecule has 14 heteroatoms. The van der Waals surface area contributed by atoms with E-state index in [0.29, 0.717) is 0 Å². The van der Waals surface area contributed by atoms with E-state index >= 15 is 0 Å². The van der Waals surface area contributed by atoms with E-state index in [9.17, 15) is 0 Å². The molecule has 9 nitrogen and oxygen atoms in total. The Labute approximate surface area is 266 Å². The first kappa shape index (κ1) is 23.7. The molecule has 4 aromatic heterocycles. The summed E-state index contributed by atoms with van der Waals surface area (Å²) >= 11 is 3.19. The van der Waals surface area contributed by atoms with E-state index in [1.54, 1.807) is 0 Å². The minimum atomic E-state index is 0.797. The van der Waals surface area contributed by atoms with Gasteiger partial charge in [0.2, 0.25) is 0 Å². The second kappa shape index (κ2) is 8.82. The number of nitrogens with one attached hydrogen (secondary N) is 1. The minimum absolute atomic E-state index is 0.797. The molecule has 0 saturated heterocycles. The third-order valence-corrected chi connectivity index (χ3v) is 11.2. The molecule has 0 aliphatic rings. The van der Waals surface area contributed by atoms with E-state index in [1.807, 2.05) is 0 Å². The topological polar surface area (TPSA) is 70.4 Å². The van der Waals surface area contributed by atoms with Crippen molar-refractivity contribution in [1.82, 2.24) is 28.2 Å². The average Bonchev–Trinajstić information content (AvgIpc) is 3.52. The first-order chi connectivity index (χ1) is 16.9. The summed E-state index contributed by atoms with van der Waals surface area (Å²) in [6.07, 6.45) is 0. The van der Waals surface area contributed by atoms with Crippen LogP contribution in [0, 0.1) is 0 Å². The van der Waals surface area contributed by atoms with Crippen LogP contribution in [0.1, 0.15) is 0 Å². The molecule has 1 unspecified atom stereocenters. The second-order valence-corrected chi connectivity index (χ2v) is 35.2. The van der Waals surface area contributed by atoms with Crippen LogP contribution >= 0.6 is 9.39 Å². The maximum absolute atomic E-state index is 5.15. The SMILES string of the molecule is PNc1ccc2c(c1)nc1n2c2nc3cc([N]([Tl])[Tl])ccc3n2c2nc3cc([N]([Tl])[Tl])ccc3n12. The summed E-state index contributed by atoms with van der Waals surface area (Å²) in [6, 6.07) is 19.5. The fourth-order valence-corrected chi connectivity index (χ4v) is 7.31. The quantitative estimate of drug-likeness (QED) is 0.217. The summed E-state index contributed by atoms with van der Waals surface area (Å²) in [6.45, 7) is 0. The molecule has 0 aliphatic heterocycles. The molecule has 0 radical (unpaired) electrons. The first-order valence-corrected chi connectivity index (χ1v) is 19.2. The van der Waals surface area contributed by atoms with Crippen molar-refractivity contribution in [3.05, 3.63) is 54.6 Å². The molecular weight excluding hydrogens is 1230 g/mol. The number of imidazole rings is 3. The molecule has 3 aromatic carbocycles. The van der Waals surface area contributed by atoms with Gasteiger partial charge >= 0.3 is 261 Å². The summed E-state index contributed by atoms with van der Waals surface area (Å²) in [7, 11) is 2.56. The fraction of sp³-hybridized carbons (Fsp3) is 0. The molecule has 4 heterocycles. The van der Waals surface area contributed by atoms with Crippen LogP contribution in [-0.2, 0) is 0 Å². The molecule has 0 aliphatic carbocycles. The Morgan fingerprint density at radius 3 is 1.40 bits per heavy atom. The predicted molar refractivity (Wildman–Crippen MR) is 147 cm³/mol. The van der Waals surface area contributed by atoms with Gasteiger partial charge in [-0.2, -0.15) is 0 Å². The standard InChI is InChI=1S/C21H12N9P.4Tl/c22-10-1-4-16-13(7-10)25-20-28(16)19-24-14-8-11(23)2-5-17(14)29(19)21-26-15-9-12(27-31)3-6-18(15)30(20)21;;;;/h1-9,27H,31H2;;;;. The Morgan fingerprint density at radius 2 is 1.00 bits per heavy atom. The van der Waals surface area contributed by atoms with E-state index in [2.05, 4.69) is 83.3 Å². The summed E-state index contributed by atoms with van der Waals surface area (Å²) in [4.78, 5) is 15.4. The fourth-order valence-electron chi connectivity index (χ4n) is 4.63. The van der Waals surface area contributed by atoms with Crippen LogP contribution in [0.5, 0.6) is 0 Å². The van der Waals surface area contributed by atoms with Crippen LogP contribution in [0.4, 0.5) is 17.1 Å². The normalized spacial score (nSPS) is 11.9. The van der Waals surface area contributed by atoms with Gasteiger partial charge in [-0.1, -0.05) is 0 Å². The van der Waals surface area contributed by atoms with Crippen molar-refractivity contribution in [3.63, 3.8) is 0 Å². The van der Waals surface area contributed by atoms with E-state index in [4.69, 9.17) is 15.0 Å². The van der Waals surface area contributed by atoms with Gasteiger partial charge in [0.1, 0.15) is 0 Å². The van der Waals surface area contributed by atoms with Gasteiger partial charge in [-0.3, -0.25) is 0 Å². The van der Waals surface area contributed by atoms with Gasteiger partial charge in [-0.05, 0) is 9.39 Å². The summed E-state index contributed by atoms with van der Waals surface area (Å²) in [5, 5.41) is 3.15. The van der Waals surface area contributed by atoms with Crippen LogP contribution in [0.25, 0.3) is 50.4 Å². The Kier molecular flexibility index (Phi) is 5.97. The van der Waals surface area contributed by atoms with Gasteiger partial charge in [0.25, 0.3) is 0 Å². The Morgan fingerprint density at radius 1 is 0.600 bits per heavy atom. The molecule has 7 aromatic rings. The Hall–Kier alpha value is -0.412. The molecule has 158 valence electrons. The van der Waals surface area contributed by atoms with Gasteiger partial charge in [-0.25, -0.2) is 0 Å². The molecule has 0 spiro atoms. The summed E-state index contributed by atoms with van der Waals surface area (Å²) < 4.78 is 11.4. The number of hydrogen-bond donors (Lipinski definition) is 1.